The number of nitrogens with zero attached hydrogens (tertiary/aromatic N) is 2. The van der Waals surface area contributed by atoms with E-state index in [-0.39, 0.29) is 18.0 Å². The van der Waals surface area contributed by atoms with Gasteiger partial charge in [0, 0.05) is 6.54 Å². The van der Waals surface area contributed by atoms with Crippen LogP contribution in [0.25, 0.3) is 11.0 Å². The van der Waals surface area contributed by atoms with Crippen LogP contribution in [0, 0.1) is 6.92 Å². The molecule has 0 saturated heterocycles. The molecule has 0 radical (unpaired) electrons. The van der Waals surface area contributed by atoms with Crippen LogP contribution < -0.4 is 0 Å². The van der Waals surface area contributed by atoms with Crippen LogP contribution in [0.5, 0.6) is 0 Å². The Labute approximate surface area is 109 Å². The predicted octanol–water partition coefficient (Wildman–Crippen LogP) is 1.61. The number of carboxylic acids is 1. The summed E-state index contributed by atoms with van der Waals surface area (Å²) in [6, 6.07) is 4.94. The van der Waals surface area contributed by atoms with Crippen molar-refractivity contribution in [3.63, 3.8) is 0 Å². The molecule has 2 rings (SSSR count). The third-order valence-electron chi connectivity index (χ3n) is 2.96. The molecule has 0 aliphatic rings. The number of rotatable bonds is 4. The van der Waals surface area contributed by atoms with Crippen LogP contribution in [-0.4, -0.2) is 33.7 Å². The van der Waals surface area contributed by atoms with Crippen molar-refractivity contribution in [2.45, 2.75) is 19.9 Å². The normalized spacial score (nSPS) is 10.6. The number of aromatic carboxylic acids is 1. The van der Waals surface area contributed by atoms with Gasteiger partial charge in [0.25, 0.3) is 0 Å². The molecule has 0 fully saturated rings. The van der Waals surface area contributed by atoms with Gasteiger partial charge in [0.1, 0.15) is 5.82 Å². The summed E-state index contributed by atoms with van der Waals surface area (Å²) in [6.07, 6.45) is 0.177. The van der Waals surface area contributed by atoms with E-state index < -0.39 is 5.97 Å². The Morgan fingerprint density at radius 1 is 1.42 bits per heavy atom. The SMILES string of the molecule is COC(=O)CCn1c(C)nc2cccc(C(=O)O)c21. The van der Waals surface area contributed by atoms with E-state index in [0.717, 1.165) is 0 Å². The van der Waals surface area contributed by atoms with E-state index in [1.165, 1.54) is 13.2 Å². The lowest BCUT2D eigenvalue weighted by molar-refractivity contribution is -0.140. The number of ether oxygens (including phenoxy) is 1. The number of hydrogen-bond donors (Lipinski definition) is 1. The molecule has 6 nitrogen and oxygen atoms in total. The number of aryl methyl sites for hydroxylation is 2. The van der Waals surface area contributed by atoms with E-state index in [1.54, 1.807) is 23.6 Å². The number of benzene rings is 1. The molecule has 0 atom stereocenters. The smallest absolute Gasteiger partial charge is 0.337 e. The lowest BCUT2D eigenvalue weighted by Crippen LogP contribution is -2.10. The van der Waals surface area contributed by atoms with Gasteiger partial charge in [-0.25, -0.2) is 9.78 Å². The molecule has 0 unspecified atom stereocenters. The van der Waals surface area contributed by atoms with Crippen molar-refractivity contribution in [2.75, 3.05) is 7.11 Å². The summed E-state index contributed by atoms with van der Waals surface area (Å²) in [6.45, 7) is 2.13. The topological polar surface area (TPSA) is 81.4 Å². The van der Waals surface area contributed by atoms with E-state index in [1.807, 2.05) is 0 Å². The van der Waals surface area contributed by atoms with Crippen molar-refractivity contribution < 1.29 is 19.4 Å². The maximum atomic E-state index is 11.2. The number of carbonyl (C=O) groups excluding carboxylic acids is 1. The van der Waals surface area contributed by atoms with Crippen LogP contribution in [0.15, 0.2) is 18.2 Å². The van der Waals surface area contributed by atoms with Gasteiger partial charge in [-0.2, -0.15) is 0 Å². The van der Waals surface area contributed by atoms with E-state index in [0.29, 0.717) is 23.4 Å². The van der Waals surface area contributed by atoms with Crippen molar-refractivity contribution in [1.29, 1.82) is 0 Å². The molecule has 1 N–H and O–H groups in total. The van der Waals surface area contributed by atoms with Gasteiger partial charge in [0.2, 0.25) is 0 Å². The van der Waals surface area contributed by atoms with Crippen LogP contribution >= 0.6 is 0 Å². The monoisotopic (exact) mass is 262 g/mol. The number of hydrogen-bond acceptors (Lipinski definition) is 4. The zero-order valence-corrected chi connectivity index (χ0v) is 10.7. The second kappa shape index (κ2) is 5.09. The second-order valence-electron chi connectivity index (χ2n) is 4.12. The largest absolute Gasteiger partial charge is 0.478 e. The summed E-state index contributed by atoms with van der Waals surface area (Å²) in [7, 11) is 1.32. The minimum absolute atomic E-state index is 0.177. The number of esters is 1. The number of carbonyl (C=O) groups is 2. The molecule has 0 aliphatic heterocycles. The van der Waals surface area contributed by atoms with Gasteiger partial charge in [0.15, 0.2) is 0 Å². The molecule has 100 valence electrons. The van der Waals surface area contributed by atoms with Crippen molar-refractivity contribution >= 4 is 23.0 Å². The summed E-state index contributed by atoms with van der Waals surface area (Å²) in [5, 5.41) is 9.21. The highest BCUT2D eigenvalue weighted by atomic mass is 16.5. The highest BCUT2D eigenvalue weighted by Crippen LogP contribution is 2.21. The van der Waals surface area contributed by atoms with Crippen LogP contribution in [0.4, 0.5) is 0 Å². The molecule has 0 spiro atoms. The number of imidazole rings is 1. The second-order valence-corrected chi connectivity index (χ2v) is 4.12. The Hall–Kier alpha value is -2.37. The van der Waals surface area contributed by atoms with Crippen molar-refractivity contribution in [1.82, 2.24) is 9.55 Å². The Morgan fingerprint density at radius 3 is 2.79 bits per heavy atom. The molecule has 1 aromatic heterocycles. The quantitative estimate of drug-likeness (QED) is 0.846. The van der Waals surface area contributed by atoms with Gasteiger partial charge in [-0.05, 0) is 19.1 Å². The first-order chi connectivity index (χ1) is 9.04. The number of methoxy groups -OCH3 is 1. The van der Waals surface area contributed by atoms with Gasteiger partial charge >= 0.3 is 11.9 Å². The van der Waals surface area contributed by atoms with E-state index in [2.05, 4.69) is 9.72 Å². The van der Waals surface area contributed by atoms with E-state index >= 15 is 0 Å². The standard InChI is InChI=1S/C13H14N2O4/c1-8-14-10-5-3-4-9(13(17)18)12(10)15(8)7-6-11(16)19-2/h3-5H,6-7H2,1-2H3,(H,17,18). The Balaban J connectivity index is 2.50. The fourth-order valence-electron chi connectivity index (χ4n) is 2.05. The lowest BCUT2D eigenvalue weighted by atomic mass is 10.2. The molecule has 6 heteroatoms. The molecular formula is C13H14N2O4. The predicted molar refractivity (Wildman–Crippen MR) is 68.1 cm³/mol. The van der Waals surface area contributed by atoms with Crippen LogP contribution in [0.3, 0.4) is 0 Å². The van der Waals surface area contributed by atoms with Gasteiger partial charge in [-0.1, -0.05) is 6.07 Å². The first kappa shape index (κ1) is 13.1. The Bertz CT molecular complexity index is 645. The average Bonchev–Trinajstić information content (AvgIpc) is 2.71. The number of carboxylic acid groups (broad SMARTS) is 1. The molecule has 1 aromatic carbocycles. The minimum Gasteiger partial charge on any atom is -0.478 e. The number of fused-ring (bicyclic) bond motifs is 1. The van der Waals surface area contributed by atoms with E-state index in [4.69, 9.17) is 0 Å². The van der Waals surface area contributed by atoms with Crippen LogP contribution in [0.1, 0.15) is 22.6 Å². The maximum Gasteiger partial charge on any atom is 0.337 e. The summed E-state index contributed by atoms with van der Waals surface area (Å²) in [4.78, 5) is 26.7. The van der Waals surface area contributed by atoms with Gasteiger partial charge < -0.3 is 14.4 Å². The zero-order chi connectivity index (χ0) is 14.0. The highest BCUT2D eigenvalue weighted by molar-refractivity contribution is 6.01. The van der Waals surface area contributed by atoms with Crippen LogP contribution in [-0.2, 0) is 16.1 Å². The molecule has 1 heterocycles. The highest BCUT2D eigenvalue weighted by Gasteiger charge is 2.16. The van der Waals surface area contributed by atoms with Crippen LogP contribution in [0.2, 0.25) is 0 Å². The maximum absolute atomic E-state index is 11.2. The van der Waals surface area contributed by atoms with Gasteiger partial charge in [-0.3, -0.25) is 4.79 Å². The van der Waals surface area contributed by atoms with Gasteiger partial charge in [-0.15, -0.1) is 0 Å². The molecular weight excluding hydrogens is 248 g/mol. The summed E-state index contributed by atoms with van der Waals surface area (Å²) >= 11 is 0. The third-order valence-corrected chi connectivity index (χ3v) is 2.96. The van der Waals surface area contributed by atoms with Crippen molar-refractivity contribution in [3.05, 3.63) is 29.6 Å². The van der Waals surface area contributed by atoms with Crippen molar-refractivity contribution in [3.8, 4) is 0 Å². The Morgan fingerprint density at radius 2 is 2.16 bits per heavy atom. The number of para-hydroxylation sites is 1. The minimum atomic E-state index is -1.01. The molecule has 2 aromatic rings. The lowest BCUT2D eigenvalue weighted by Gasteiger charge is -2.07. The summed E-state index contributed by atoms with van der Waals surface area (Å²) < 4.78 is 6.32. The summed E-state index contributed by atoms with van der Waals surface area (Å²) in [5.41, 5.74) is 1.33. The third kappa shape index (κ3) is 2.42. The molecule has 0 amide bonds. The fourth-order valence-corrected chi connectivity index (χ4v) is 2.05. The first-order valence-corrected chi connectivity index (χ1v) is 5.80. The van der Waals surface area contributed by atoms with Crippen molar-refractivity contribution in [2.24, 2.45) is 0 Å². The summed E-state index contributed by atoms with van der Waals surface area (Å²) in [5.74, 6) is -0.675. The first-order valence-electron chi connectivity index (χ1n) is 5.80. The molecule has 19 heavy (non-hydrogen) atoms. The fraction of sp³-hybridized carbons (Fsp3) is 0.308. The zero-order valence-electron chi connectivity index (χ0n) is 10.7. The number of aromatic nitrogens is 2. The Kier molecular flexibility index (Phi) is 3.50. The molecule has 0 bridgehead atoms. The van der Waals surface area contributed by atoms with E-state index in [9.17, 15) is 14.7 Å². The average molecular weight is 262 g/mol. The molecule has 0 aliphatic carbocycles. The van der Waals surface area contributed by atoms with Gasteiger partial charge in [0.05, 0.1) is 30.1 Å². The molecule has 0 saturated carbocycles.